The number of hydrogen-bond donors (Lipinski definition) is 0. The lowest BCUT2D eigenvalue weighted by molar-refractivity contribution is -0.149. The van der Waals surface area contributed by atoms with E-state index in [1.165, 1.54) is 12.1 Å². The maximum absolute atomic E-state index is 12.4. The van der Waals surface area contributed by atoms with Crippen LogP contribution in [0.5, 0.6) is 0 Å². The van der Waals surface area contributed by atoms with Crippen LogP contribution >= 0.6 is 23.2 Å². The van der Waals surface area contributed by atoms with Crippen molar-refractivity contribution in [1.82, 2.24) is 4.90 Å². The lowest BCUT2D eigenvalue weighted by Gasteiger charge is -2.27. The molecule has 0 aromatic heterocycles. The van der Waals surface area contributed by atoms with Gasteiger partial charge in [-0.2, -0.15) is 0 Å². The molecule has 0 aliphatic carbocycles. The van der Waals surface area contributed by atoms with E-state index >= 15 is 0 Å². The minimum absolute atomic E-state index is 0.0242. The van der Waals surface area contributed by atoms with Crippen LogP contribution in [-0.2, 0) is 9.53 Å². The van der Waals surface area contributed by atoms with E-state index in [0.717, 1.165) is 4.90 Å². The number of nitrogens with zero attached hydrogens (tertiary/aromatic N) is 1. The first-order valence-electron chi connectivity index (χ1n) is 6.29. The maximum Gasteiger partial charge on any atom is 0.349 e. The molecule has 0 saturated carbocycles. The van der Waals surface area contributed by atoms with Crippen LogP contribution in [0.25, 0.3) is 0 Å². The summed E-state index contributed by atoms with van der Waals surface area (Å²) in [7, 11) is 0. The molecule has 0 unspecified atom stereocenters. The number of amides is 2. The van der Waals surface area contributed by atoms with Gasteiger partial charge in [-0.05, 0) is 19.1 Å². The van der Waals surface area contributed by atoms with Crippen molar-refractivity contribution in [3.8, 4) is 0 Å². The van der Waals surface area contributed by atoms with Crippen molar-refractivity contribution in [1.29, 1.82) is 0 Å². The Kier molecular flexibility index (Phi) is 3.04. The quantitative estimate of drug-likeness (QED) is 0.361. The fourth-order valence-electron chi connectivity index (χ4n) is 2.66. The Labute approximate surface area is 130 Å². The number of fused-ring (bicyclic) bond motifs is 1. The molecule has 7 heteroatoms. The Morgan fingerprint density at radius 1 is 1.19 bits per heavy atom. The molecule has 2 aliphatic rings. The first-order valence-corrected chi connectivity index (χ1v) is 7.20. The summed E-state index contributed by atoms with van der Waals surface area (Å²) >= 11 is 12.1. The third kappa shape index (κ3) is 1.88. The topological polar surface area (TPSA) is 63.7 Å². The Morgan fingerprint density at radius 3 is 2.14 bits per heavy atom. The summed E-state index contributed by atoms with van der Waals surface area (Å²) in [5, 5.41) is 0. The van der Waals surface area contributed by atoms with Gasteiger partial charge in [0.05, 0.1) is 17.0 Å². The van der Waals surface area contributed by atoms with Gasteiger partial charge in [0, 0.05) is 6.42 Å². The molecule has 110 valence electrons. The van der Waals surface area contributed by atoms with Crippen LogP contribution in [0.15, 0.2) is 24.3 Å². The Bertz CT molecular complexity index is 642. The molecule has 1 aromatic rings. The zero-order chi connectivity index (χ0) is 15.4. The summed E-state index contributed by atoms with van der Waals surface area (Å²) in [6.45, 7) is 1.61. The summed E-state index contributed by atoms with van der Waals surface area (Å²) in [5.74, 6) is -2.00. The number of halogens is 2. The SMILES string of the molecule is C[C@]1(CCl)C[C@@](Cl)(N2C(=O)c3ccccc3C2=O)C(=O)O1. The molecule has 21 heavy (non-hydrogen) atoms. The number of alkyl halides is 2. The predicted molar refractivity (Wildman–Crippen MR) is 75.4 cm³/mol. The normalized spacial score (nSPS) is 31.6. The first-order chi connectivity index (χ1) is 9.82. The van der Waals surface area contributed by atoms with E-state index in [2.05, 4.69) is 0 Å². The van der Waals surface area contributed by atoms with E-state index in [4.69, 9.17) is 27.9 Å². The lowest BCUT2D eigenvalue weighted by Crippen LogP contribution is -2.51. The molecule has 2 amide bonds. The second kappa shape index (κ2) is 4.45. The molecule has 0 bridgehead atoms. The van der Waals surface area contributed by atoms with Crippen LogP contribution in [0.1, 0.15) is 34.1 Å². The fraction of sp³-hybridized carbons (Fsp3) is 0.357. The van der Waals surface area contributed by atoms with E-state index in [9.17, 15) is 14.4 Å². The monoisotopic (exact) mass is 327 g/mol. The molecule has 0 spiro atoms. The van der Waals surface area contributed by atoms with E-state index in [1.54, 1.807) is 19.1 Å². The Morgan fingerprint density at radius 2 is 1.71 bits per heavy atom. The summed E-state index contributed by atoms with van der Waals surface area (Å²) < 4.78 is 5.17. The van der Waals surface area contributed by atoms with Crippen molar-refractivity contribution in [2.24, 2.45) is 0 Å². The maximum atomic E-state index is 12.4. The highest BCUT2D eigenvalue weighted by Crippen LogP contribution is 2.44. The third-order valence-corrected chi connectivity index (χ3v) is 4.71. The molecule has 1 fully saturated rings. The Hall–Kier alpha value is -1.59. The van der Waals surface area contributed by atoms with Crippen LogP contribution in [0.2, 0.25) is 0 Å². The van der Waals surface area contributed by atoms with Gasteiger partial charge in [-0.15, -0.1) is 11.6 Å². The predicted octanol–water partition coefficient (Wildman–Crippen LogP) is 2.16. The average Bonchev–Trinajstić information content (AvgIpc) is 2.84. The average molecular weight is 328 g/mol. The van der Waals surface area contributed by atoms with Gasteiger partial charge in [0.2, 0.25) is 5.00 Å². The number of hydrogen-bond acceptors (Lipinski definition) is 4. The van der Waals surface area contributed by atoms with Gasteiger partial charge < -0.3 is 4.74 Å². The van der Waals surface area contributed by atoms with Gasteiger partial charge in [0.25, 0.3) is 11.8 Å². The molecule has 2 heterocycles. The number of imide groups is 1. The number of carbonyl (C=O) groups is 3. The standard InChI is InChI=1S/C14H11Cl2NO4/c1-13(7-15)6-14(16,12(20)21-13)17-10(18)8-4-2-3-5-9(8)11(17)19/h2-5H,6-7H2,1H3/t13-,14-/m1/s1. The number of cyclic esters (lactones) is 1. The molecule has 2 aliphatic heterocycles. The summed E-state index contributed by atoms with van der Waals surface area (Å²) in [4.78, 5) is 35.9. The van der Waals surface area contributed by atoms with Gasteiger partial charge in [-0.25, -0.2) is 9.69 Å². The number of carbonyl (C=O) groups excluding carboxylic acids is 3. The van der Waals surface area contributed by atoms with Crippen molar-refractivity contribution in [3.63, 3.8) is 0 Å². The van der Waals surface area contributed by atoms with E-state index < -0.39 is 28.4 Å². The highest BCUT2D eigenvalue weighted by Gasteiger charge is 2.62. The molecule has 3 rings (SSSR count). The zero-order valence-corrected chi connectivity index (χ0v) is 12.6. The molecular weight excluding hydrogens is 317 g/mol. The van der Waals surface area contributed by atoms with Gasteiger partial charge in [-0.1, -0.05) is 23.7 Å². The number of ether oxygens (including phenoxy) is 1. The summed E-state index contributed by atoms with van der Waals surface area (Å²) in [5.41, 5.74) is -0.542. The van der Waals surface area contributed by atoms with Crippen LogP contribution in [0, 0.1) is 0 Å². The van der Waals surface area contributed by atoms with Crippen molar-refractivity contribution < 1.29 is 19.1 Å². The molecule has 1 saturated heterocycles. The number of benzene rings is 1. The summed E-state index contributed by atoms with van der Waals surface area (Å²) in [6.07, 6.45) is -0.0463. The van der Waals surface area contributed by atoms with Crippen molar-refractivity contribution in [2.75, 3.05) is 5.88 Å². The third-order valence-electron chi connectivity index (χ3n) is 3.69. The molecular formula is C14H11Cl2NO4. The van der Waals surface area contributed by atoms with E-state index in [1.807, 2.05) is 0 Å². The van der Waals surface area contributed by atoms with Crippen molar-refractivity contribution in [3.05, 3.63) is 35.4 Å². The fourth-order valence-corrected chi connectivity index (χ4v) is 3.29. The second-order valence-corrected chi connectivity index (χ2v) is 6.29. The van der Waals surface area contributed by atoms with Crippen LogP contribution in [-0.4, -0.2) is 39.2 Å². The van der Waals surface area contributed by atoms with Gasteiger partial charge >= 0.3 is 5.97 Å². The highest BCUT2D eigenvalue weighted by atomic mass is 35.5. The first kappa shape index (κ1) is 14.4. The number of rotatable bonds is 2. The van der Waals surface area contributed by atoms with Crippen LogP contribution < -0.4 is 0 Å². The van der Waals surface area contributed by atoms with E-state index in [0.29, 0.717) is 0 Å². The van der Waals surface area contributed by atoms with Crippen LogP contribution in [0.3, 0.4) is 0 Å². The minimum atomic E-state index is -1.85. The van der Waals surface area contributed by atoms with Gasteiger partial charge in [0.15, 0.2) is 0 Å². The van der Waals surface area contributed by atoms with Crippen molar-refractivity contribution in [2.45, 2.75) is 23.9 Å². The lowest BCUT2D eigenvalue weighted by atomic mass is 10.0. The van der Waals surface area contributed by atoms with E-state index in [-0.39, 0.29) is 23.4 Å². The van der Waals surface area contributed by atoms with Crippen molar-refractivity contribution >= 4 is 41.0 Å². The molecule has 2 atom stereocenters. The zero-order valence-electron chi connectivity index (χ0n) is 11.1. The van der Waals surface area contributed by atoms with Crippen LogP contribution in [0.4, 0.5) is 0 Å². The molecule has 0 N–H and O–H groups in total. The number of esters is 1. The second-order valence-electron chi connectivity index (χ2n) is 5.40. The minimum Gasteiger partial charge on any atom is -0.455 e. The van der Waals surface area contributed by atoms with Gasteiger partial charge in [0.1, 0.15) is 5.60 Å². The molecule has 5 nitrogen and oxygen atoms in total. The van der Waals surface area contributed by atoms with Gasteiger partial charge in [-0.3, -0.25) is 9.59 Å². The Balaban J connectivity index is 2.05. The molecule has 1 aromatic carbocycles. The smallest absolute Gasteiger partial charge is 0.349 e. The largest absolute Gasteiger partial charge is 0.455 e. The summed E-state index contributed by atoms with van der Waals surface area (Å²) in [6, 6.07) is 6.34. The highest BCUT2D eigenvalue weighted by molar-refractivity contribution is 6.39. The molecule has 0 radical (unpaired) electrons.